The van der Waals surface area contributed by atoms with Crippen molar-refractivity contribution in [1.29, 1.82) is 0 Å². The number of carboxylic acid groups (broad SMARTS) is 1. The van der Waals surface area contributed by atoms with Gasteiger partial charge < -0.3 is 10.8 Å². The summed E-state index contributed by atoms with van der Waals surface area (Å²) in [6, 6.07) is 0. The summed E-state index contributed by atoms with van der Waals surface area (Å²) in [5.74, 6) is -0.901. The molecule has 1 aromatic rings. The number of nitrogens with zero attached hydrogens (tertiary/aromatic N) is 3. The molecule has 0 spiro atoms. The second kappa shape index (κ2) is 4.46. The summed E-state index contributed by atoms with van der Waals surface area (Å²) in [7, 11) is 0. The van der Waals surface area contributed by atoms with Crippen LogP contribution in [-0.4, -0.2) is 40.0 Å². The maximum atomic E-state index is 11.7. The Balaban J connectivity index is 2.25. The summed E-state index contributed by atoms with van der Waals surface area (Å²) in [6.45, 7) is 0.890. The van der Waals surface area contributed by atoms with E-state index in [0.717, 1.165) is 6.20 Å². The number of carbonyl (C=O) groups excluding carboxylic acids is 1. The van der Waals surface area contributed by atoms with E-state index in [2.05, 4.69) is 9.97 Å². The van der Waals surface area contributed by atoms with Crippen LogP contribution in [0.4, 0.5) is 5.82 Å². The van der Waals surface area contributed by atoms with Gasteiger partial charge in [0.25, 0.3) is 0 Å². The monoisotopic (exact) mass is 236 g/mol. The van der Waals surface area contributed by atoms with Crippen LogP contribution < -0.4 is 10.6 Å². The highest BCUT2D eigenvalue weighted by atomic mass is 16.4. The molecular formula is C10H12N4O3. The fourth-order valence-electron chi connectivity index (χ4n) is 1.75. The predicted octanol–water partition coefficient (Wildman–Crippen LogP) is -0.514. The van der Waals surface area contributed by atoms with Crippen molar-refractivity contribution < 1.29 is 14.7 Å². The number of amides is 1. The van der Waals surface area contributed by atoms with Crippen LogP contribution in [0.2, 0.25) is 0 Å². The molecule has 0 aromatic carbocycles. The molecule has 1 aliphatic heterocycles. The van der Waals surface area contributed by atoms with Crippen molar-refractivity contribution >= 4 is 17.7 Å². The molecule has 7 nitrogen and oxygen atoms in total. The molecule has 0 aliphatic carbocycles. The third-order valence-corrected chi connectivity index (χ3v) is 2.66. The van der Waals surface area contributed by atoms with Crippen LogP contribution >= 0.6 is 0 Å². The Morgan fingerprint density at radius 2 is 2.35 bits per heavy atom. The van der Waals surface area contributed by atoms with Gasteiger partial charge in [-0.1, -0.05) is 0 Å². The molecular weight excluding hydrogens is 224 g/mol. The minimum Gasteiger partial charge on any atom is -0.476 e. The topological polar surface area (TPSA) is 109 Å². The number of hydrogen-bond donors (Lipinski definition) is 2. The average molecular weight is 236 g/mol. The fraction of sp³-hybridized carbons (Fsp3) is 0.400. The lowest BCUT2D eigenvalue weighted by Crippen LogP contribution is -2.27. The Morgan fingerprint density at radius 1 is 1.59 bits per heavy atom. The summed E-state index contributed by atoms with van der Waals surface area (Å²) >= 11 is 0. The van der Waals surface area contributed by atoms with E-state index in [4.69, 9.17) is 10.8 Å². The normalized spacial score (nSPS) is 19.7. The first-order valence-corrected chi connectivity index (χ1v) is 5.17. The van der Waals surface area contributed by atoms with Crippen LogP contribution in [0.3, 0.4) is 0 Å². The Bertz CT molecular complexity index is 463. The lowest BCUT2D eigenvalue weighted by molar-refractivity contribution is -0.117. The van der Waals surface area contributed by atoms with Crippen LogP contribution in [-0.2, 0) is 4.79 Å². The molecule has 2 heterocycles. The van der Waals surface area contributed by atoms with E-state index in [1.54, 1.807) is 0 Å². The number of nitrogens with two attached hydrogens (primary N) is 1. The number of rotatable bonds is 3. The Hall–Kier alpha value is -2.02. The van der Waals surface area contributed by atoms with E-state index in [1.165, 1.54) is 11.1 Å². The first-order chi connectivity index (χ1) is 8.11. The molecule has 1 atom stereocenters. The second-order valence-corrected chi connectivity index (χ2v) is 3.88. The van der Waals surface area contributed by atoms with Crippen molar-refractivity contribution in [2.24, 2.45) is 11.7 Å². The van der Waals surface area contributed by atoms with E-state index >= 15 is 0 Å². The first-order valence-electron chi connectivity index (χ1n) is 5.17. The summed E-state index contributed by atoms with van der Waals surface area (Å²) < 4.78 is 0. The van der Waals surface area contributed by atoms with Gasteiger partial charge in [-0.05, 0) is 12.5 Å². The van der Waals surface area contributed by atoms with Crippen LogP contribution in [0, 0.1) is 5.92 Å². The van der Waals surface area contributed by atoms with E-state index < -0.39 is 5.97 Å². The number of carboxylic acids is 1. The number of hydrogen-bond acceptors (Lipinski definition) is 5. The van der Waals surface area contributed by atoms with Crippen LogP contribution in [0.5, 0.6) is 0 Å². The maximum absolute atomic E-state index is 11.7. The number of carbonyl (C=O) groups is 2. The van der Waals surface area contributed by atoms with Gasteiger partial charge in [-0.3, -0.25) is 14.7 Å². The molecule has 0 saturated carbocycles. The lowest BCUT2D eigenvalue weighted by Gasteiger charge is -2.14. The first kappa shape index (κ1) is 11.5. The minimum atomic E-state index is -1.17. The van der Waals surface area contributed by atoms with Crippen molar-refractivity contribution in [1.82, 2.24) is 9.97 Å². The van der Waals surface area contributed by atoms with Crippen molar-refractivity contribution in [3.63, 3.8) is 0 Å². The molecule has 1 amide bonds. The summed E-state index contributed by atoms with van der Waals surface area (Å²) in [6.07, 6.45) is 2.89. The molecule has 0 radical (unpaired) electrons. The predicted molar refractivity (Wildman–Crippen MR) is 58.5 cm³/mol. The summed E-state index contributed by atoms with van der Waals surface area (Å²) in [4.78, 5) is 31.5. The van der Waals surface area contributed by atoms with Gasteiger partial charge in [-0.25, -0.2) is 9.78 Å². The Morgan fingerprint density at radius 3 is 2.94 bits per heavy atom. The van der Waals surface area contributed by atoms with Crippen LogP contribution in [0.1, 0.15) is 16.9 Å². The average Bonchev–Trinajstić information content (AvgIpc) is 2.71. The molecule has 1 fully saturated rings. The minimum absolute atomic E-state index is 0.0952. The molecule has 17 heavy (non-hydrogen) atoms. The highest BCUT2D eigenvalue weighted by molar-refractivity contribution is 5.95. The summed E-state index contributed by atoms with van der Waals surface area (Å²) in [5, 5.41) is 8.79. The Labute approximate surface area is 97.3 Å². The van der Waals surface area contributed by atoms with Crippen LogP contribution in [0.25, 0.3) is 0 Å². The molecule has 1 aromatic heterocycles. The second-order valence-electron chi connectivity index (χ2n) is 3.88. The van der Waals surface area contributed by atoms with Gasteiger partial charge in [-0.15, -0.1) is 0 Å². The maximum Gasteiger partial charge on any atom is 0.356 e. The highest BCUT2D eigenvalue weighted by Crippen LogP contribution is 2.22. The zero-order valence-electron chi connectivity index (χ0n) is 9.04. The summed E-state index contributed by atoms with van der Waals surface area (Å²) in [5.41, 5.74) is 5.33. The van der Waals surface area contributed by atoms with Crippen molar-refractivity contribution in [3.05, 3.63) is 18.1 Å². The van der Waals surface area contributed by atoms with Gasteiger partial charge in [0, 0.05) is 13.0 Å². The van der Waals surface area contributed by atoms with Crippen molar-refractivity contribution in [2.45, 2.75) is 6.42 Å². The molecule has 1 saturated heterocycles. The molecule has 1 aliphatic rings. The van der Waals surface area contributed by atoms with Gasteiger partial charge in [-0.2, -0.15) is 0 Å². The molecule has 0 bridgehead atoms. The van der Waals surface area contributed by atoms with E-state index in [1.807, 2.05) is 0 Å². The van der Waals surface area contributed by atoms with Crippen molar-refractivity contribution in [2.75, 3.05) is 18.0 Å². The third-order valence-electron chi connectivity index (χ3n) is 2.66. The SMILES string of the molecule is NCC1CC(=O)N(c2cncc(C(=O)O)n2)C1. The van der Waals surface area contributed by atoms with Gasteiger partial charge in [0.1, 0.15) is 0 Å². The van der Waals surface area contributed by atoms with E-state index in [0.29, 0.717) is 19.5 Å². The number of aromatic nitrogens is 2. The van der Waals surface area contributed by atoms with Gasteiger partial charge >= 0.3 is 5.97 Å². The lowest BCUT2D eigenvalue weighted by atomic mass is 10.1. The van der Waals surface area contributed by atoms with Crippen LogP contribution in [0.15, 0.2) is 12.4 Å². The van der Waals surface area contributed by atoms with Gasteiger partial charge in [0.15, 0.2) is 11.5 Å². The standard InChI is InChI=1S/C10H12N4O3/c11-2-6-1-9(15)14(5-6)8-4-12-3-7(13-8)10(16)17/h3-4,6H,1-2,5,11H2,(H,16,17). The molecule has 2 rings (SSSR count). The zero-order valence-corrected chi connectivity index (χ0v) is 9.04. The largest absolute Gasteiger partial charge is 0.476 e. The molecule has 7 heteroatoms. The van der Waals surface area contributed by atoms with Crippen molar-refractivity contribution in [3.8, 4) is 0 Å². The third kappa shape index (κ3) is 2.23. The smallest absolute Gasteiger partial charge is 0.356 e. The molecule has 90 valence electrons. The molecule has 3 N–H and O–H groups in total. The number of anilines is 1. The molecule has 1 unspecified atom stereocenters. The Kier molecular flexibility index (Phi) is 3.01. The fourth-order valence-corrected chi connectivity index (χ4v) is 1.75. The van der Waals surface area contributed by atoms with Gasteiger partial charge in [0.05, 0.1) is 12.4 Å². The van der Waals surface area contributed by atoms with E-state index in [-0.39, 0.29) is 23.3 Å². The highest BCUT2D eigenvalue weighted by Gasteiger charge is 2.30. The van der Waals surface area contributed by atoms with Gasteiger partial charge in [0.2, 0.25) is 5.91 Å². The quantitative estimate of drug-likeness (QED) is 0.731. The zero-order chi connectivity index (χ0) is 12.4. The number of aromatic carboxylic acids is 1. The van der Waals surface area contributed by atoms with E-state index in [9.17, 15) is 9.59 Å².